The smallest absolute Gasteiger partial charge is 0.228 e. The number of hydrogen-bond donors (Lipinski definition) is 1. The van der Waals surface area contributed by atoms with Crippen LogP contribution >= 0.6 is 11.6 Å². The van der Waals surface area contributed by atoms with Crippen molar-refractivity contribution in [2.24, 2.45) is 0 Å². The Labute approximate surface area is 237 Å². The predicted octanol–water partition coefficient (Wildman–Crippen LogP) is 5.60. The van der Waals surface area contributed by atoms with E-state index in [2.05, 4.69) is 26.1 Å². The van der Waals surface area contributed by atoms with E-state index >= 15 is 0 Å². The van der Waals surface area contributed by atoms with E-state index < -0.39 is 0 Å². The van der Waals surface area contributed by atoms with Crippen molar-refractivity contribution >= 4 is 28.9 Å². The highest BCUT2D eigenvalue weighted by Gasteiger charge is 2.29. The Morgan fingerprint density at radius 3 is 2.51 bits per heavy atom. The van der Waals surface area contributed by atoms with Gasteiger partial charge in [0.15, 0.2) is 0 Å². The normalized spacial score (nSPS) is 20.0. The van der Waals surface area contributed by atoms with E-state index in [1.807, 2.05) is 50.3 Å². The van der Waals surface area contributed by atoms with Gasteiger partial charge in [-0.3, -0.25) is 5.32 Å². The molecule has 0 amide bonds. The maximum atomic E-state index is 14.0. The van der Waals surface area contributed by atoms with Gasteiger partial charge in [0.05, 0.1) is 29.2 Å². The van der Waals surface area contributed by atoms with E-state index in [0.29, 0.717) is 36.3 Å². The molecule has 0 saturated carbocycles. The molecule has 1 aromatic rings. The van der Waals surface area contributed by atoms with E-state index in [1.165, 1.54) is 6.92 Å². The number of nitrogens with one attached hydrogen (secondary N) is 1. The third kappa shape index (κ3) is 7.87. The van der Waals surface area contributed by atoms with Crippen LogP contribution in [0.2, 0.25) is 0 Å². The average Bonchev–Trinajstić information content (AvgIpc) is 3.40. The second-order valence-electron chi connectivity index (χ2n) is 9.61. The molecule has 1 N–H and O–H groups in total. The first-order valence-corrected chi connectivity index (χ1v) is 13.8. The molecule has 2 aliphatic heterocycles. The Bertz CT molecular complexity index is 1190. The zero-order chi connectivity index (χ0) is 28.4. The summed E-state index contributed by atoms with van der Waals surface area (Å²) >= 11 is 6.49. The van der Waals surface area contributed by atoms with E-state index in [0.717, 1.165) is 55.4 Å². The number of hydrogen-bond acceptors (Lipinski definition) is 7. The largest absolute Gasteiger partial charge is 0.383 e. The summed E-state index contributed by atoms with van der Waals surface area (Å²) in [6.45, 7) is 11.4. The van der Waals surface area contributed by atoms with Crippen LogP contribution in [-0.4, -0.2) is 67.4 Å². The molecule has 0 unspecified atom stereocenters. The number of allylic oxidation sites excluding steroid dienone is 9. The van der Waals surface area contributed by atoms with E-state index in [9.17, 15) is 4.39 Å². The lowest BCUT2D eigenvalue weighted by Gasteiger charge is -2.38. The fourth-order valence-electron chi connectivity index (χ4n) is 4.79. The van der Waals surface area contributed by atoms with Gasteiger partial charge in [-0.25, -0.2) is 9.37 Å². The number of anilines is 2. The van der Waals surface area contributed by atoms with Gasteiger partial charge >= 0.3 is 0 Å². The lowest BCUT2D eigenvalue weighted by molar-refractivity contribution is 0.180. The Morgan fingerprint density at radius 1 is 1.18 bits per heavy atom. The molecule has 9 heteroatoms. The Morgan fingerprint density at radius 2 is 1.90 bits per heavy atom. The third-order valence-electron chi connectivity index (χ3n) is 6.90. The number of rotatable bonds is 10. The van der Waals surface area contributed by atoms with Crippen LogP contribution in [-0.2, 0) is 4.74 Å². The molecule has 2 aliphatic rings. The fourth-order valence-corrected chi connectivity index (χ4v) is 5.08. The molecular formula is C30H40ClFN6O. The van der Waals surface area contributed by atoms with Crippen LogP contribution in [0.25, 0.3) is 5.57 Å². The molecule has 7 nitrogen and oxygen atoms in total. The van der Waals surface area contributed by atoms with Crippen molar-refractivity contribution in [1.82, 2.24) is 20.2 Å². The van der Waals surface area contributed by atoms with Gasteiger partial charge in [-0.2, -0.15) is 4.98 Å². The second kappa shape index (κ2) is 14.8. The summed E-state index contributed by atoms with van der Waals surface area (Å²) in [7, 11) is 1.72. The minimum Gasteiger partial charge on any atom is -0.383 e. The summed E-state index contributed by atoms with van der Waals surface area (Å²) in [4.78, 5) is 16.6. The zero-order valence-electron chi connectivity index (χ0n) is 23.7. The number of terminal acetylenes is 1. The van der Waals surface area contributed by atoms with Gasteiger partial charge in [-0.05, 0) is 58.3 Å². The molecule has 0 aromatic carbocycles. The standard InChI is InChI=1S/C30H40ClFN6O/c1-7-11-24(19-22(4)23(5)32)27-20-28(35-30(34-27)38-14-10-13-25(38)21-39-6)36-15-17-37(18-16-36)29(33-9-3)26(31)12-8-2/h3,7-8,11-12,19-20,25,33H,10,13-18,21H2,1-2,4-6H3/b11-7-,12-8-,23-22+,24-19+,29-26-/t25-/m0/s1. The first kappa shape index (κ1) is 30.3. The molecule has 2 saturated heterocycles. The topological polar surface area (TPSA) is 56.8 Å². The van der Waals surface area contributed by atoms with Gasteiger partial charge < -0.3 is 19.4 Å². The van der Waals surface area contributed by atoms with Crippen molar-refractivity contribution in [2.45, 2.75) is 46.6 Å². The maximum absolute atomic E-state index is 14.0. The number of piperazine rings is 1. The average molecular weight is 555 g/mol. The molecule has 210 valence electrons. The molecule has 3 rings (SSSR count). The first-order valence-electron chi connectivity index (χ1n) is 13.4. The highest BCUT2D eigenvalue weighted by Crippen LogP contribution is 2.29. The molecular weight excluding hydrogens is 515 g/mol. The second-order valence-corrected chi connectivity index (χ2v) is 10.0. The Kier molecular flexibility index (Phi) is 11.5. The number of ether oxygens (including phenoxy) is 1. The number of aromatic nitrogens is 2. The van der Waals surface area contributed by atoms with Crippen molar-refractivity contribution < 1.29 is 9.13 Å². The minimum absolute atomic E-state index is 0.218. The van der Waals surface area contributed by atoms with Gasteiger partial charge in [-0.1, -0.05) is 36.3 Å². The molecule has 39 heavy (non-hydrogen) atoms. The molecule has 0 spiro atoms. The molecule has 0 aliphatic carbocycles. The zero-order valence-corrected chi connectivity index (χ0v) is 24.4. The summed E-state index contributed by atoms with van der Waals surface area (Å²) in [6, 6.07) is 4.71. The van der Waals surface area contributed by atoms with Crippen molar-refractivity contribution in [2.75, 3.05) is 56.2 Å². The van der Waals surface area contributed by atoms with Crippen LogP contribution in [0.5, 0.6) is 0 Å². The van der Waals surface area contributed by atoms with Crippen molar-refractivity contribution in [3.63, 3.8) is 0 Å². The van der Waals surface area contributed by atoms with Gasteiger partial charge in [0.25, 0.3) is 0 Å². The summed E-state index contributed by atoms with van der Waals surface area (Å²) < 4.78 is 19.5. The Hall–Kier alpha value is -3.28. The fraction of sp³-hybridized carbons (Fsp3) is 0.467. The van der Waals surface area contributed by atoms with Gasteiger partial charge in [0, 0.05) is 57.5 Å². The van der Waals surface area contributed by atoms with Crippen LogP contribution in [0.15, 0.2) is 58.7 Å². The van der Waals surface area contributed by atoms with Gasteiger partial charge in [-0.15, -0.1) is 0 Å². The molecule has 1 aromatic heterocycles. The lowest BCUT2D eigenvalue weighted by Crippen LogP contribution is -2.48. The number of halogens is 2. The minimum atomic E-state index is -0.219. The monoisotopic (exact) mass is 554 g/mol. The van der Waals surface area contributed by atoms with Crippen LogP contribution in [0, 0.1) is 12.5 Å². The summed E-state index contributed by atoms with van der Waals surface area (Å²) in [5.74, 6) is 2.01. The van der Waals surface area contributed by atoms with Crippen molar-refractivity contribution in [3.8, 4) is 12.5 Å². The highest BCUT2D eigenvalue weighted by molar-refractivity contribution is 6.31. The molecule has 2 fully saturated rings. The van der Waals surface area contributed by atoms with E-state index in [4.69, 9.17) is 32.7 Å². The summed E-state index contributed by atoms with van der Waals surface area (Å²) in [5.41, 5.74) is 2.15. The third-order valence-corrected chi connectivity index (χ3v) is 7.21. The molecule has 0 radical (unpaired) electrons. The van der Waals surface area contributed by atoms with E-state index in [1.54, 1.807) is 14.0 Å². The maximum Gasteiger partial charge on any atom is 0.228 e. The molecule has 0 bridgehead atoms. The van der Waals surface area contributed by atoms with Crippen LogP contribution in [0.4, 0.5) is 16.2 Å². The van der Waals surface area contributed by atoms with Crippen LogP contribution in [0.1, 0.15) is 46.2 Å². The predicted molar refractivity (Wildman–Crippen MR) is 160 cm³/mol. The SMILES string of the molecule is C#CN/C(=C(Cl)\C=C/C)N1CCN(c2cc(C(/C=C\C)=C/C(C)=C(\C)F)nc(N3CCC[C@H]3COC)n2)CC1. The van der Waals surface area contributed by atoms with Crippen molar-refractivity contribution in [1.29, 1.82) is 0 Å². The van der Waals surface area contributed by atoms with Gasteiger partial charge in [0.1, 0.15) is 11.6 Å². The van der Waals surface area contributed by atoms with Crippen LogP contribution in [0.3, 0.4) is 0 Å². The number of methoxy groups -OCH3 is 1. The summed E-state index contributed by atoms with van der Waals surface area (Å²) in [5, 5.41) is 3.53. The first-order chi connectivity index (χ1) is 18.8. The Balaban J connectivity index is 2.00. The molecule has 1 atom stereocenters. The summed E-state index contributed by atoms with van der Waals surface area (Å²) in [6.07, 6.45) is 17.1. The van der Waals surface area contributed by atoms with Crippen LogP contribution < -0.4 is 15.1 Å². The van der Waals surface area contributed by atoms with Crippen molar-refractivity contribution in [3.05, 3.63) is 64.4 Å². The quantitative estimate of drug-likeness (QED) is 0.229. The highest BCUT2D eigenvalue weighted by atomic mass is 35.5. The van der Waals surface area contributed by atoms with E-state index in [-0.39, 0.29) is 11.9 Å². The van der Waals surface area contributed by atoms with Gasteiger partial charge in [0.2, 0.25) is 5.95 Å². The lowest BCUT2D eigenvalue weighted by atomic mass is 10.1. The number of nitrogens with zero attached hydrogens (tertiary/aromatic N) is 5. The molecule has 3 heterocycles.